The number of carbonyl (C=O) groups is 1. The maximum atomic E-state index is 14.1. The molecule has 0 bridgehead atoms. The Morgan fingerprint density at radius 3 is 2.42 bits per heavy atom. The molecule has 13 heteroatoms. The lowest BCUT2D eigenvalue weighted by atomic mass is 10.0. The number of aromatic nitrogens is 4. The summed E-state index contributed by atoms with van der Waals surface area (Å²) in [7, 11) is 2.91. The monoisotopic (exact) mass is 569 g/mol. The van der Waals surface area contributed by atoms with Crippen LogP contribution in [0.5, 0.6) is 23.4 Å². The fourth-order valence-corrected chi connectivity index (χ4v) is 5.12. The molecule has 0 fully saturated rings. The number of amides is 1. The van der Waals surface area contributed by atoms with Crippen molar-refractivity contribution in [3.8, 4) is 34.8 Å². The molecule has 2 aromatic carbocycles. The Labute approximate surface area is 232 Å². The number of nitrogens with zero attached hydrogens (tertiary/aromatic N) is 5. The predicted molar refractivity (Wildman–Crippen MR) is 139 cm³/mol. The second-order valence-electron chi connectivity index (χ2n) is 9.34. The molecule has 0 saturated heterocycles. The molecule has 40 heavy (non-hydrogen) atoms. The summed E-state index contributed by atoms with van der Waals surface area (Å²) in [5.41, 5.74) is 2.30. The third-order valence-corrected chi connectivity index (χ3v) is 6.85. The van der Waals surface area contributed by atoms with Crippen molar-refractivity contribution in [3.63, 3.8) is 0 Å². The SMILES string of the molecule is COc1ncc(-c2nc3c(n2C(C)C)[C@H](c2ccc(Cl)cc2)N(c2ccc4c(c2)OC(F)(F)O4)C3=O)c(OC)n1. The molecule has 2 aromatic heterocycles. The largest absolute Gasteiger partial charge is 0.586 e. The molecular formula is C27H22ClF2N5O5. The Bertz CT molecular complexity index is 1640. The second-order valence-corrected chi connectivity index (χ2v) is 9.78. The van der Waals surface area contributed by atoms with Gasteiger partial charge < -0.3 is 23.5 Å². The summed E-state index contributed by atoms with van der Waals surface area (Å²) in [4.78, 5) is 28.8. The van der Waals surface area contributed by atoms with Crippen LogP contribution in [0.3, 0.4) is 0 Å². The van der Waals surface area contributed by atoms with E-state index in [0.717, 1.165) is 5.56 Å². The van der Waals surface area contributed by atoms with Crippen LogP contribution in [0.1, 0.15) is 47.7 Å². The average molecular weight is 570 g/mol. The number of methoxy groups -OCH3 is 2. The minimum absolute atomic E-state index is 0.116. The van der Waals surface area contributed by atoms with Gasteiger partial charge in [-0.15, -0.1) is 8.78 Å². The standard InChI is InChI=1S/C27H22ClF2N5O5/c1-13(2)34-22-20(32-23(34)17-12-31-26(38-4)33-24(17)37-3)25(36)35(21(22)14-5-7-15(28)8-6-14)16-9-10-18-19(11-16)40-27(29,30)39-18/h5-13,21H,1-4H3/t21-/m0/s1. The first-order valence-electron chi connectivity index (χ1n) is 12.2. The van der Waals surface area contributed by atoms with Crippen molar-refractivity contribution in [2.24, 2.45) is 0 Å². The molecule has 2 aliphatic rings. The molecule has 2 aliphatic heterocycles. The highest BCUT2D eigenvalue weighted by molar-refractivity contribution is 6.30. The molecule has 206 valence electrons. The average Bonchev–Trinajstić information content (AvgIpc) is 3.55. The predicted octanol–water partition coefficient (Wildman–Crippen LogP) is 5.66. The molecule has 0 saturated carbocycles. The topological polar surface area (TPSA) is 101 Å². The summed E-state index contributed by atoms with van der Waals surface area (Å²) in [6.45, 7) is 3.91. The van der Waals surface area contributed by atoms with E-state index >= 15 is 0 Å². The highest BCUT2D eigenvalue weighted by Gasteiger charge is 2.47. The van der Waals surface area contributed by atoms with Gasteiger partial charge in [0.25, 0.3) is 5.91 Å². The van der Waals surface area contributed by atoms with E-state index in [-0.39, 0.29) is 35.1 Å². The fourth-order valence-electron chi connectivity index (χ4n) is 4.99. The Morgan fingerprint density at radius 1 is 1.02 bits per heavy atom. The van der Waals surface area contributed by atoms with Crippen molar-refractivity contribution in [3.05, 3.63) is 70.6 Å². The van der Waals surface area contributed by atoms with E-state index in [1.807, 2.05) is 18.4 Å². The van der Waals surface area contributed by atoms with Gasteiger partial charge in [0.15, 0.2) is 17.2 Å². The van der Waals surface area contributed by atoms with Crippen molar-refractivity contribution in [2.75, 3.05) is 19.1 Å². The summed E-state index contributed by atoms with van der Waals surface area (Å²) < 4.78 is 49.2. The van der Waals surface area contributed by atoms with Crippen LogP contribution < -0.4 is 23.8 Å². The van der Waals surface area contributed by atoms with Crippen molar-refractivity contribution in [1.82, 2.24) is 19.5 Å². The molecule has 1 atom stereocenters. The van der Waals surface area contributed by atoms with E-state index in [0.29, 0.717) is 27.8 Å². The molecule has 0 N–H and O–H groups in total. The van der Waals surface area contributed by atoms with Gasteiger partial charge in [-0.25, -0.2) is 9.97 Å². The van der Waals surface area contributed by atoms with Crippen LogP contribution in [-0.2, 0) is 0 Å². The smallest absolute Gasteiger partial charge is 0.480 e. The van der Waals surface area contributed by atoms with Crippen molar-refractivity contribution >= 4 is 23.2 Å². The number of benzene rings is 2. The molecule has 4 heterocycles. The van der Waals surface area contributed by atoms with Crippen LogP contribution in [-0.4, -0.2) is 45.9 Å². The van der Waals surface area contributed by atoms with E-state index in [2.05, 4.69) is 19.4 Å². The van der Waals surface area contributed by atoms with Crippen LogP contribution in [0.15, 0.2) is 48.7 Å². The molecule has 10 nitrogen and oxygen atoms in total. The number of anilines is 1. The van der Waals surface area contributed by atoms with Gasteiger partial charge in [0.2, 0.25) is 5.88 Å². The zero-order chi connectivity index (χ0) is 28.3. The number of rotatable bonds is 6. The lowest BCUT2D eigenvalue weighted by Gasteiger charge is -2.28. The zero-order valence-corrected chi connectivity index (χ0v) is 22.4. The third kappa shape index (κ3) is 4.06. The van der Waals surface area contributed by atoms with Gasteiger partial charge in [-0.3, -0.25) is 9.69 Å². The van der Waals surface area contributed by atoms with Crippen LogP contribution in [0.2, 0.25) is 5.02 Å². The summed E-state index contributed by atoms with van der Waals surface area (Å²) in [5.74, 6) is -0.0882. The van der Waals surface area contributed by atoms with Crippen LogP contribution in [0, 0.1) is 0 Å². The van der Waals surface area contributed by atoms with Crippen LogP contribution in [0.25, 0.3) is 11.4 Å². The summed E-state index contributed by atoms with van der Waals surface area (Å²) in [5, 5.41) is 0.517. The first-order chi connectivity index (χ1) is 19.1. The normalized spacial score (nSPS) is 16.9. The van der Waals surface area contributed by atoms with Gasteiger partial charge in [-0.2, -0.15) is 4.98 Å². The molecule has 6 rings (SSSR count). The van der Waals surface area contributed by atoms with E-state index in [1.165, 1.54) is 43.5 Å². The highest BCUT2D eigenvalue weighted by atomic mass is 35.5. The number of hydrogen-bond acceptors (Lipinski definition) is 8. The van der Waals surface area contributed by atoms with Gasteiger partial charge >= 0.3 is 12.3 Å². The molecular weight excluding hydrogens is 548 g/mol. The molecule has 0 radical (unpaired) electrons. The maximum Gasteiger partial charge on any atom is 0.586 e. The summed E-state index contributed by atoms with van der Waals surface area (Å²) >= 11 is 6.18. The fraction of sp³-hybridized carbons (Fsp3) is 0.259. The number of halogens is 3. The van der Waals surface area contributed by atoms with Crippen LogP contribution in [0.4, 0.5) is 14.5 Å². The second kappa shape index (κ2) is 9.33. The molecule has 0 spiro atoms. The molecule has 0 aliphatic carbocycles. The zero-order valence-electron chi connectivity index (χ0n) is 21.7. The quantitative estimate of drug-likeness (QED) is 0.293. The van der Waals surface area contributed by atoms with E-state index in [4.69, 9.17) is 26.1 Å². The lowest BCUT2D eigenvalue weighted by Crippen LogP contribution is -2.30. The van der Waals surface area contributed by atoms with Gasteiger partial charge in [0, 0.05) is 29.0 Å². The molecule has 0 unspecified atom stereocenters. The third-order valence-electron chi connectivity index (χ3n) is 6.60. The van der Waals surface area contributed by atoms with E-state index in [1.54, 1.807) is 24.3 Å². The Balaban J connectivity index is 1.56. The maximum absolute atomic E-state index is 14.1. The lowest BCUT2D eigenvalue weighted by molar-refractivity contribution is -0.286. The Kier molecular flexibility index (Phi) is 6.02. The van der Waals surface area contributed by atoms with Gasteiger partial charge in [-0.05, 0) is 43.7 Å². The minimum atomic E-state index is -3.79. The number of ether oxygens (including phenoxy) is 4. The van der Waals surface area contributed by atoms with Crippen molar-refractivity contribution in [1.29, 1.82) is 0 Å². The van der Waals surface area contributed by atoms with Crippen molar-refractivity contribution in [2.45, 2.75) is 32.2 Å². The highest BCUT2D eigenvalue weighted by Crippen LogP contribution is 2.49. The number of carbonyl (C=O) groups excluding carboxylic acids is 1. The van der Waals surface area contributed by atoms with E-state index < -0.39 is 18.2 Å². The first kappa shape index (κ1) is 25.8. The Morgan fingerprint density at radius 2 is 1.75 bits per heavy atom. The van der Waals surface area contributed by atoms with Gasteiger partial charge in [0.05, 0.1) is 25.5 Å². The van der Waals surface area contributed by atoms with Gasteiger partial charge in [-0.1, -0.05) is 23.7 Å². The minimum Gasteiger partial charge on any atom is -0.480 e. The number of fused-ring (bicyclic) bond motifs is 2. The summed E-state index contributed by atoms with van der Waals surface area (Å²) in [6, 6.07) is 10.5. The number of alkyl halides is 2. The van der Waals surface area contributed by atoms with E-state index in [9.17, 15) is 13.6 Å². The number of hydrogen-bond donors (Lipinski definition) is 0. The molecule has 1 amide bonds. The molecule has 4 aromatic rings. The van der Waals surface area contributed by atoms with Crippen LogP contribution >= 0.6 is 11.6 Å². The van der Waals surface area contributed by atoms with Crippen molar-refractivity contribution < 1.29 is 32.5 Å². The first-order valence-corrected chi connectivity index (χ1v) is 12.6. The number of imidazole rings is 1. The summed E-state index contributed by atoms with van der Waals surface area (Å²) in [6.07, 6.45) is -2.27. The Hall–Kier alpha value is -4.45. The van der Waals surface area contributed by atoms with Gasteiger partial charge in [0.1, 0.15) is 11.9 Å².